The van der Waals surface area contributed by atoms with Crippen molar-refractivity contribution < 1.29 is 4.92 Å². The van der Waals surface area contributed by atoms with Crippen molar-refractivity contribution in [3.05, 3.63) is 40.7 Å². The first-order valence-electron chi connectivity index (χ1n) is 7.19. The van der Waals surface area contributed by atoms with Crippen LogP contribution in [0.3, 0.4) is 0 Å². The Balaban J connectivity index is 2.00. The zero-order valence-corrected chi connectivity index (χ0v) is 12.0. The summed E-state index contributed by atoms with van der Waals surface area (Å²) < 4.78 is 0. The smallest absolute Gasteiger partial charge is 0.278 e. The molecule has 3 rings (SSSR count). The predicted molar refractivity (Wildman–Crippen MR) is 82.7 cm³/mol. The fraction of sp³-hybridized carbons (Fsp3) is 0.400. The second-order valence-corrected chi connectivity index (χ2v) is 5.20. The highest BCUT2D eigenvalue weighted by Gasteiger charge is 2.20. The summed E-state index contributed by atoms with van der Waals surface area (Å²) in [5, 5.41) is 12.7. The summed E-state index contributed by atoms with van der Waals surface area (Å²) in [5.74, 6) is 0. The van der Waals surface area contributed by atoms with Crippen molar-refractivity contribution in [2.24, 2.45) is 0 Å². The van der Waals surface area contributed by atoms with Gasteiger partial charge in [0.2, 0.25) is 0 Å². The molecule has 1 aliphatic heterocycles. The Morgan fingerprint density at radius 3 is 2.62 bits per heavy atom. The van der Waals surface area contributed by atoms with E-state index in [-0.39, 0.29) is 10.6 Å². The number of nitrogens with zero attached hydrogens (tertiary/aromatic N) is 4. The van der Waals surface area contributed by atoms with E-state index in [4.69, 9.17) is 0 Å². The molecule has 21 heavy (non-hydrogen) atoms. The van der Waals surface area contributed by atoms with Crippen molar-refractivity contribution in [3.8, 4) is 0 Å². The molecule has 1 fully saturated rings. The Labute approximate surface area is 123 Å². The minimum absolute atomic E-state index is 0.119. The molecule has 0 amide bonds. The molecule has 2 aromatic rings. The largest absolute Gasteiger partial charge is 0.368 e. The molecule has 6 nitrogen and oxygen atoms in total. The van der Waals surface area contributed by atoms with Crippen LogP contribution < -0.4 is 4.90 Å². The Bertz CT molecular complexity index is 666. The summed E-state index contributed by atoms with van der Waals surface area (Å²) in [6.45, 7) is 7.19. The number of fused-ring (bicyclic) bond motifs is 1. The minimum Gasteiger partial charge on any atom is -0.368 e. The lowest BCUT2D eigenvalue weighted by Gasteiger charge is -2.36. The van der Waals surface area contributed by atoms with E-state index in [1.165, 1.54) is 0 Å². The van der Waals surface area contributed by atoms with Crippen LogP contribution in [0.4, 0.5) is 11.4 Å². The number of nitro benzene ring substituents is 1. The van der Waals surface area contributed by atoms with Crippen molar-refractivity contribution >= 4 is 22.1 Å². The number of likely N-dealkylation sites (N-methyl/N-ethyl adjacent to an activating group) is 1. The van der Waals surface area contributed by atoms with Crippen LogP contribution in [0.1, 0.15) is 6.92 Å². The van der Waals surface area contributed by atoms with E-state index in [0.717, 1.165) is 43.8 Å². The third-order valence-electron chi connectivity index (χ3n) is 4.13. The van der Waals surface area contributed by atoms with E-state index in [9.17, 15) is 10.1 Å². The highest BCUT2D eigenvalue weighted by atomic mass is 16.6. The molecule has 0 radical (unpaired) electrons. The average Bonchev–Trinajstić information content (AvgIpc) is 2.54. The van der Waals surface area contributed by atoms with Gasteiger partial charge in [0.15, 0.2) is 0 Å². The molecule has 0 bridgehead atoms. The summed E-state index contributed by atoms with van der Waals surface area (Å²) in [6.07, 6.45) is 3.27. The lowest BCUT2D eigenvalue weighted by molar-refractivity contribution is -0.383. The van der Waals surface area contributed by atoms with Gasteiger partial charge in [-0.3, -0.25) is 15.1 Å². The van der Waals surface area contributed by atoms with Gasteiger partial charge >= 0.3 is 0 Å². The first kappa shape index (κ1) is 13.8. The molecule has 1 aromatic carbocycles. The van der Waals surface area contributed by atoms with Crippen molar-refractivity contribution in [2.45, 2.75) is 6.92 Å². The third-order valence-corrected chi connectivity index (χ3v) is 4.13. The van der Waals surface area contributed by atoms with E-state index in [0.29, 0.717) is 5.39 Å². The topological polar surface area (TPSA) is 62.5 Å². The number of hydrogen-bond acceptors (Lipinski definition) is 5. The Kier molecular flexibility index (Phi) is 3.70. The molecule has 0 aliphatic carbocycles. The van der Waals surface area contributed by atoms with Crippen LogP contribution in [0.2, 0.25) is 0 Å². The van der Waals surface area contributed by atoms with Gasteiger partial charge in [-0.25, -0.2) is 0 Å². The first-order valence-corrected chi connectivity index (χ1v) is 7.19. The molecule has 2 heterocycles. The fourth-order valence-corrected chi connectivity index (χ4v) is 2.90. The van der Waals surface area contributed by atoms with Crippen LogP contribution in [0.25, 0.3) is 10.8 Å². The highest BCUT2D eigenvalue weighted by molar-refractivity contribution is 5.99. The normalized spacial score (nSPS) is 16.3. The number of rotatable bonds is 3. The highest BCUT2D eigenvalue weighted by Crippen LogP contribution is 2.33. The first-order chi connectivity index (χ1) is 10.2. The van der Waals surface area contributed by atoms with Gasteiger partial charge in [-0.15, -0.1) is 0 Å². The number of hydrogen-bond donors (Lipinski definition) is 0. The van der Waals surface area contributed by atoms with Gasteiger partial charge in [0.05, 0.1) is 10.3 Å². The molecule has 6 heteroatoms. The number of benzene rings is 1. The maximum atomic E-state index is 11.1. The second-order valence-electron chi connectivity index (χ2n) is 5.20. The summed E-state index contributed by atoms with van der Waals surface area (Å²) >= 11 is 0. The minimum atomic E-state index is -0.344. The van der Waals surface area contributed by atoms with E-state index in [1.54, 1.807) is 18.5 Å². The molecule has 1 aliphatic rings. The van der Waals surface area contributed by atoms with Crippen LogP contribution in [0.5, 0.6) is 0 Å². The number of piperazine rings is 1. The van der Waals surface area contributed by atoms with Gasteiger partial charge in [0.1, 0.15) is 0 Å². The van der Waals surface area contributed by atoms with Gasteiger partial charge in [-0.2, -0.15) is 0 Å². The number of non-ortho nitro benzene ring substituents is 1. The summed E-state index contributed by atoms with van der Waals surface area (Å²) in [7, 11) is 0. The number of aromatic nitrogens is 1. The molecule has 0 N–H and O–H groups in total. The summed E-state index contributed by atoms with van der Waals surface area (Å²) in [4.78, 5) is 19.5. The maximum absolute atomic E-state index is 11.1. The van der Waals surface area contributed by atoms with Gasteiger partial charge in [-0.05, 0) is 18.7 Å². The average molecular weight is 286 g/mol. The quantitative estimate of drug-likeness (QED) is 0.640. The monoisotopic (exact) mass is 286 g/mol. The predicted octanol–water partition coefficient (Wildman–Crippen LogP) is 2.28. The molecule has 0 unspecified atom stereocenters. The van der Waals surface area contributed by atoms with Crippen molar-refractivity contribution in [1.29, 1.82) is 0 Å². The van der Waals surface area contributed by atoms with Gasteiger partial charge in [-0.1, -0.05) is 6.92 Å². The SMILES string of the molecule is CCN1CCN(c2ccc([N+](=O)[O-])c3cnccc23)CC1. The van der Waals surface area contributed by atoms with Crippen molar-refractivity contribution in [3.63, 3.8) is 0 Å². The van der Waals surface area contributed by atoms with Gasteiger partial charge in [0.25, 0.3) is 5.69 Å². The van der Waals surface area contributed by atoms with Gasteiger partial charge in [0, 0.05) is 55.7 Å². The standard InChI is InChI=1S/C15H18N4O2/c1-2-17-7-9-18(10-8-17)14-3-4-15(19(20)21)13-11-16-6-5-12(13)14/h3-6,11H,2,7-10H2,1H3. The molecule has 0 saturated carbocycles. The van der Waals surface area contributed by atoms with Crippen LogP contribution in [0.15, 0.2) is 30.6 Å². The zero-order valence-electron chi connectivity index (χ0n) is 12.0. The van der Waals surface area contributed by atoms with Crippen LogP contribution in [0, 0.1) is 10.1 Å². The number of pyridine rings is 1. The van der Waals surface area contributed by atoms with E-state index < -0.39 is 0 Å². The molecular weight excluding hydrogens is 268 g/mol. The van der Waals surface area contributed by atoms with E-state index >= 15 is 0 Å². The van der Waals surface area contributed by atoms with Crippen LogP contribution in [-0.4, -0.2) is 47.5 Å². The molecule has 1 aromatic heterocycles. The Hall–Kier alpha value is -2.21. The molecular formula is C15H18N4O2. The Morgan fingerprint density at radius 1 is 1.19 bits per heavy atom. The van der Waals surface area contributed by atoms with Crippen molar-refractivity contribution in [1.82, 2.24) is 9.88 Å². The van der Waals surface area contributed by atoms with Crippen molar-refractivity contribution in [2.75, 3.05) is 37.6 Å². The van der Waals surface area contributed by atoms with Crippen LogP contribution >= 0.6 is 0 Å². The molecule has 0 spiro atoms. The second kappa shape index (κ2) is 5.65. The number of nitro groups is 1. The fourth-order valence-electron chi connectivity index (χ4n) is 2.90. The van der Waals surface area contributed by atoms with Gasteiger partial charge < -0.3 is 9.80 Å². The third kappa shape index (κ3) is 2.54. The lowest BCUT2D eigenvalue weighted by atomic mass is 10.1. The van der Waals surface area contributed by atoms with E-state index in [1.807, 2.05) is 12.1 Å². The molecule has 0 atom stereocenters. The summed E-state index contributed by atoms with van der Waals surface area (Å²) in [6, 6.07) is 5.32. The molecule has 110 valence electrons. The lowest BCUT2D eigenvalue weighted by Crippen LogP contribution is -2.46. The number of anilines is 1. The molecule has 1 saturated heterocycles. The van der Waals surface area contributed by atoms with E-state index in [2.05, 4.69) is 21.7 Å². The Morgan fingerprint density at radius 2 is 1.95 bits per heavy atom. The zero-order chi connectivity index (χ0) is 14.8. The summed E-state index contributed by atoms with van der Waals surface area (Å²) in [5.41, 5.74) is 1.18. The maximum Gasteiger partial charge on any atom is 0.278 e. The van der Waals surface area contributed by atoms with Crippen LogP contribution in [-0.2, 0) is 0 Å².